The van der Waals surface area contributed by atoms with Gasteiger partial charge in [-0.05, 0) is 29.6 Å². The van der Waals surface area contributed by atoms with Gasteiger partial charge in [0.1, 0.15) is 6.42 Å². The number of nitriles is 1. The molecule has 0 radical (unpaired) electrons. The summed E-state index contributed by atoms with van der Waals surface area (Å²) in [5, 5.41) is 15.7. The number of nitrogens with zero attached hydrogens (tertiary/aromatic N) is 1. The minimum atomic E-state index is -0.375. The molecule has 0 atom stereocenters. The van der Waals surface area contributed by atoms with Gasteiger partial charge < -0.3 is 10.6 Å². The van der Waals surface area contributed by atoms with Crippen molar-refractivity contribution in [3.63, 3.8) is 0 Å². The molecule has 0 saturated carbocycles. The molecule has 2 aromatic rings. The summed E-state index contributed by atoms with van der Waals surface area (Å²) in [4.78, 5) is 24.2. The predicted molar refractivity (Wildman–Crippen MR) is 82.0 cm³/mol. The molecule has 0 fully saturated rings. The van der Waals surface area contributed by atoms with Crippen molar-refractivity contribution in [3.05, 3.63) is 46.7 Å². The van der Waals surface area contributed by atoms with E-state index in [1.54, 1.807) is 30.3 Å². The topological polar surface area (TPSA) is 82.0 Å². The Kier molecular flexibility index (Phi) is 5.07. The Hall–Kier alpha value is -2.65. The lowest BCUT2D eigenvalue weighted by molar-refractivity contribution is -0.116. The lowest BCUT2D eigenvalue weighted by Gasteiger charge is -2.07. The van der Waals surface area contributed by atoms with Gasteiger partial charge in [-0.3, -0.25) is 9.59 Å². The molecule has 106 valence electrons. The van der Waals surface area contributed by atoms with E-state index in [-0.39, 0.29) is 18.2 Å². The van der Waals surface area contributed by atoms with Gasteiger partial charge in [0.25, 0.3) is 0 Å². The first-order valence-corrected chi connectivity index (χ1v) is 7.14. The first-order valence-electron chi connectivity index (χ1n) is 6.26. The van der Waals surface area contributed by atoms with E-state index < -0.39 is 0 Å². The van der Waals surface area contributed by atoms with Crippen molar-refractivity contribution in [1.82, 2.24) is 0 Å². The highest BCUT2D eigenvalue weighted by Gasteiger charge is 2.06. The number of benzene rings is 1. The van der Waals surface area contributed by atoms with Crippen LogP contribution >= 0.6 is 11.3 Å². The van der Waals surface area contributed by atoms with Crippen LogP contribution in [0.15, 0.2) is 41.8 Å². The summed E-state index contributed by atoms with van der Waals surface area (Å²) >= 11 is 1.53. The van der Waals surface area contributed by atoms with Gasteiger partial charge in [-0.25, -0.2) is 0 Å². The third kappa shape index (κ3) is 4.75. The van der Waals surface area contributed by atoms with Crippen LogP contribution in [0.4, 0.5) is 11.4 Å². The zero-order valence-corrected chi connectivity index (χ0v) is 11.9. The summed E-state index contributed by atoms with van der Waals surface area (Å²) in [6.45, 7) is 0. The molecule has 0 aliphatic carbocycles. The maximum Gasteiger partial charge on any atom is 0.238 e. The molecular weight excluding hydrogens is 286 g/mol. The first-order chi connectivity index (χ1) is 10.2. The molecule has 2 amide bonds. The van der Waals surface area contributed by atoms with Crippen molar-refractivity contribution in [2.24, 2.45) is 0 Å². The van der Waals surface area contributed by atoms with E-state index in [0.717, 1.165) is 4.88 Å². The Morgan fingerprint density at radius 2 is 1.81 bits per heavy atom. The Morgan fingerprint density at radius 1 is 1.10 bits per heavy atom. The van der Waals surface area contributed by atoms with Crippen molar-refractivity contribution >= 4 is 34.5 Å². The fourth-order valence-corrected chi connectivity index (χ4v) is 2.43. The van der Waals surface area contributed by atoms with Gasteiger partial charge in [-0.1, -0.05) is 12.1 Å². The maximum atomic E-state index is 11.9. The smallest absolute Gasteiger partial charge is 0.238 e. The monoisotopic (exact) mass is 299 g/mol. The molecule has 0 unspecified atom stereocenters. The van der Waals surface area contributed by atoms with Gasteiger partial charge in [-0.15, -0.1) is 11.3 Å². The van der Waals surface area contributed by atoms with E-state index in [9.17, 15) is 9.59 Å². The van der Waals surface area contributed by atoms with E-state index in [4.69, 9.17) is 5.26 Å². The van der Waals surface area contributed by atoms with E-state index in [1.165, 1.54) is 11.3 Å². The molecule has 0 bridgehead atoms. The number of hydrogen-bond donors (Lipinski definition) is 2. The van der Waals surface area contributed by atoms with Crippen LogP contribution in [-0.2, 0) is 16.0 Å². The van der Waals surface area contributed by atoms with Gasteiger partial charge in [0, 0.05) is 16.3 Å². The van der Waals surface area contributed by atoms with E-state index >= 15 is 0 Å². The summed E-state index contributed by atoms with van der Waals surface area (Å²) in [5.41, 5.74) is 1.15. The number of thiophene rings is 1. The Morgan fingerprint density at radius 3 is 2.43 bits per heavy atom. The summed E-state index contributed by atoms with van der Waals surface area (Å²) in [5.74, 6) is -0.488. The number of carbonyl (C=O) groups excluding carboxylic acids is 2. The van der Waals surface area contributed by atoms with Crippen LogP contribution < -0.4 is 10.6 Å². The summed E-state index contributed by atoms with van der Waals surface area (Å²) in [6, 6.07) is 12.4. The van der Waals surface area contributed by atoms with Gasteiger partial charge >= 0.3 is 0 Å². The van der Waals surface area contributed by atoms with Crippen LogP contribution in [0.1, 0.15) is 11.3 Å². The standard InChI is InChI=1S/C15H13N3O2S/c16-7-6-14(19)17-11-3-1-4-12(9-11)18-15(20)10-13-5-2-8-21-13/h1-5,8-9H,6,10H2,(H,17,19)(H,18,20). The van der Waals surface area contributed by atoms with Gasteiger partial charge in [-0.2, -0.15) is 5.26 Å². The van der Waals surface area contributed by atoms with Crippen molar-refractivity contribution in [2.75, 3.05) is 10.6 Å². The average molecular weight is 299 g/mol. The fourth-order valence-electron chi connectivity index (χ4n) is 1.73. The minimum absolute atomic E-state index is 0.113. The molecule has 0 aliphatic heterocycles. The Labute approximate surface area is 126 Å². The first kappa shape index (κ1) is 14.8. The molecule has 0 saturated heterocycles. The molecule has 0 spiro atoms. The third-order valence-electron chi connectivity index (χ3n) is 2.58. The molecule has 2 N–H and O–H groups in total. The molecule has 21 heavy (non-hydrogen) atoms. The second-order valence-corrected chi connectivity index (χ2v) is 5.30. The maximum absolute atomic E-state index is 11.9. The Bertz CT molecular complexity index is 674. The van der Waals surface area contributed by atoms with E-state index in [1.807, 2.05) is 17.5 Å². The number of amides is 2. The van der Waals surface area contributed by atoms with Crippen molar-refractivity contribution < 1.29 is 9.59 Å². The Balaban J connectivity index is 1.96. The predicted octanol–water partition coefficient (Wildman–Crippen LogP) is 2.78. The highest BCUT2D eigenvalue weighted by Crippen LogP contribution is 2.16. The second kappa shape index (κ2) is 7.22. The molecule has 1 heterocycles. The van der Waals surface area contributed by atoms with Crippen LogP contribution in [0.2, 0.25) is 0 Å². The lowest BCUT2D eigenvalue weighted by Crippen LogP contribution is -2.14. The molecule has 2 rings (SSSR count). The fraction of sp³-hybridized carbons (Fsp3) is 0.133. The molecule has 1 aromatic heterocycles. The van der Waals surface area contributed by atoms with Crippen LogP contribution in [0.25, 0.3) is 0 Å². The minimum Gasteiger partial charge on any atom is -0.326 e. The molecule has 6 heteroatoms. The molecule has 5 nitrogen and oxygen atoms in total. The highest BCUT2D eigenvalue weighted by atomic mass is 32.1. The zero-order chi connectivity index (χ0) is 15.1. The van der Waals surface area contributed by atoms with E-state index in [0.29, 0.717) is 17.8 Å². The summed E-state index contributed by atoms with van der Waals surface area (Å²) in [7, 11) is 0. The number of hydrogen-bond acceptors (Lipinski definition) is 4. The summed E-state index contributed by atoms with van der Waals surface area (Å²) < 4.78 is 0. The SMILES string of the molecule is N#CCC(=O)Nc1cccc(NC(=O)Cc2cccs2)c1. The van der Waals surface area contributed by atoms with Gasteiger partial charge in [0.2, 0.25) is 11.8 Å². The number of rotatable bonds is 5. The second-order valence-electron chi connectivity index (χ2n) is 4.27. The largest absolute Gasteiger partial charge is 0.326 e. The van der Waals surface area contributed by atoms with Gasteiger partial charge in [0.15, 0.2) is 0 Å². The van der Waals surface area contributed by atoms with Crippen molar-refractivity contribution in [3.8, 4) is 6.07 Å². The molecular formula is C15H13N3O2S. The van der Waals surface area contributed by atoms with E-state index in [2.05, 4.69) is 10.6 Å². The van der Waals surface area contributed by atoms with Crippen LogP contribution in [0.5, 0.6) is 0 Å². The highest BCUT2D eigenvalue weighted by molar-refractivity contribution is 7.10. The number of nitrogens with one attached hydrogen (secondary N) is 2. The zero-order valence-electron chi connectivity index (χ0n) is 11.1. The number of anilines is 2. The molecule has 0 aliphatic rings. The third-order valence-corrected chi connectivity index (χ3v) is 3.46. The number of carbonyl (C=O) groups is 2. The van der Waals surface area contributed by atoms with Crippen LogP contribution in [-0.4, -0.2) is 11.8 Å². The van der Waals surface area contributed by atoms with Crippen molar-refractivity contribution in [1.29, 1.82) is 5.26 Å². The molecule has 1 aromatic carbocycles. The van der Waals surface area contributed by atoms with Crippen LogP contribution in [0.3, 0.4) is 0 Å². The lowest BCUT2D eigenvalue weighted by atomic mass is 10.2. The quantitative estimate of drug-likeness (QED) is 0.890. The van der Waals surface area contributed by atoms with Crippen LogP contribution in [0, 0.1) is 11.3 Å². The van der Waals surface area contributed by atoms with Gasteiger partial charge in [0.05, 0.1) is 12.5 Å². The average Bonchev–Trinajstić information content (AvgIpc) is 2.92. The van der Waals surface area contributed by atoms with Crippen molar-refractivity contribution in [2.45, 2.75) is 12.8 Å². The summed E-state index contributed by atoms with van der Waals surface area (Å²) in [6.07, 6.45) is 0.123. The normalized spacial score (nSPS) is 9.67.